The van der Waals surface area contributed by atoms with E-state index in [1.807, 2.05) is 25.3 Å². The van der Waals surface area contributed by atoms with Gasteiger partial charge in [0.1, 0.15) is 0 Å². The minimum Gasteiger partial charge on any atom is -0.396 e. The topological polar surface area (TPSA) is 43.8 Å². The molecule has 5 heteroatoms. The van der Waals surface area contributed by atoms with E-state index in [0.29, 0.717) is 13.0 Å². The molecule has 0 spiro atoms. The number of nitrogens with zero attached hydrogens (tertiary/aromatic N) is 2. The van der Waals surface area contributed by atoms with Gasteiger partial charge >= 0.3 is 0 Å². The Balaban J connectivity index is 2.60. The molecule has 1 rings (SSSR count). The Hall–Kier alpha value is -0.260. The van der Waals surface area contributed by atoms with Crippen molar-refractivity contribution in [3.05, 3.63) is 0 Å². The number of likely N-dealkylation sites (tertiary alicyclic amines) is 1. The summed E-state index contributed by atoms with van der Waals surface area (Å²) in [4.78, 5) is 16.1. The molecule has 0 radical (unpaired) electrons. The Morgan fingerprint density at radius 2 is 2.22 bits per heavy atom. The van der Waals surface area contributed by atoms with Crippen LogP contribution in [0, 0.1) is 5.41 Å². The van der Waals surface area contributed by atoms with Crippen LogP contribution in [0.15, 0.2) is 0 Å². The van der Waals surface area contributed by atoms with Crippen LogP contribution in [0.2, 0.25) is 0 Å². The van der Waals surface area contributed by atoms with Gasteiger partial charge in [-0.1, -0.05) is 0 Å². The van der Waals surface area contributed by atoms with E-state index in [1.165, 1.54) is 0 Å². The van der Waals surface area contributed by atoms with Gasteiger partial charge in [-0.2, -0.15) is 11.8 Å². The minimum absolute atomic E-state index is 0.128. The smallest absolute Gasteiger partial charge is 0.223 e. The highest BCUT2D eigenvalue weighted by Crippen LogP contribution is 2.30. The Morgan fingerprint density at radius 1 is 1.50 bits per heavy atom. The van der Waals surface area contributed by atoms with E-state index >= 15 is 0 Å². The van der Waals surface area contributed by atoms with Crippen molar-refractivity contribution in [3.63, 3.8) is 0 Å². The van der Waals surface area contributed by atoms with Gasteiger partial charge in [0, 0.05) is 37.2 Å². The predicted molar refractivity (Wildman–Crippen MR) is 76.9 cm³/mol. The highest BCUT2D eigenvalue weighted by atomic mass is 32.2. The fourth-order valence-electron chi connectivity index (χ4n) is 2.75. The minimum atomic E-state index is -0.128. The molecule has 1 saturated heterocycles. The third kappa shape index (κ3) is 4.44. The van der Waals surface area contributed by atoms with Crippen LogP contribution in [0.3, 0.4) is 0 Å². The van der Waals surface area contributed by atoms with Gasteiger partial charge in [-0.25, -0.2) is 0 Å². The molecule has 1 fully saturated rings. The molecule has 0 saturated carbocycles. The highest BCUT2D eigenvalue weighted by molar-refractivity contribution is 7.98. The van der Waals surface area contributed by atoms with Gasteiger partial charge in [0.15, 0.2) is 0 Å². The average Bonchev–Trinajstić information content (AvgIpc) is 2.35. The van der Waals surface area contributed by atoms with E-state index in [2.05, 4.69) is 4.90 Å². The molecule has 1 aliphatic rings. The number of piperidine rings is 1. The summed E-state index contributed by atoms with van der Waals surface area (Å²) in [6.07, 6.45) is 4.64. The number of hydrogen-bond donors (Lipinski definition) is 1. The number of hydrogen-bond acceptors (Lipinski definition) is 4. The van der Waals surface area contributed by atoms with Crippen molar-refractivity contribution < 1.29 is 9.90 Å². The van der Waals surface area contributed by atoms with Gasteiger partial charge in [-0.3, -0.25) is 4.79 Å². The molecule has 0 aliphatic carbocycles. The number of carbonyl (C=O) groups is 1. The average molecular weight is 274 g/mol. The first-order chi connectivity index (χ1) is 8.53. The molecule has 1 amide bonds. The van der Waals surface area contributed by atoms with Gasteiger partial charge in [0.2, 0.25) is 5.91 Å². The van der Waals surface area contributed by atoms with Crippen LogP contribution in [0.25, 0.3) is 0 Å². The number of thioether (sulfide) groups is 1. The summed E-state index contributed by atoms with van der Waals surface area (Å²) < 4.78 is 0. The monoisotopic (exact) mass is 274 g/mol. The Morgan fingerprint density at radius 3 is 2.78 bits per heavy atom. The maximum atomic E-state index is 12.1. The second-order valence-electron chi connectivity index (χ2n) is 5.56. The second kappa shape index (κ2) is 7.36. The van der Waals surface area contributed by atoms with Gasteiger partial charge in [-0.15, -0.1) is 0 Å². The maximum Gasteiger partial charge on any atom is 0.223 e. The zero-order valence-electron chi connectivity index (χ0n) is 11.8. The molecule has 18 heavy (non-hydrogen) atoms. The molecule has 1 unspecified atom stereocenters. The normalized spacial score (nSPS) is 24.6. The fraction of sp³-hybridized carbons (Fsp3) is 0.923. The SMILES string of the molecule is CSCCC(=O)N1CCCC(CO)(CN(C)C)C1. The number of amides is 1. The standard InChI is InChI=1S/C13H26N2O2S/c1-14(2)9-13(11-16)6-4-7-15(10-13)12(17)5-8-18-3/h16H,4-11H2,1-3H3. The summed E-state index contributed by atoms with van der Waals surface area (Å²) >= 11 is 1.71. The first-order valence-corrected chi connectivity index (χ1v) is 7.95. The number of aliphatic hydroxyl groups is 1. The van der Waals surface area contributed by atoms with Crippen molar-refractivity contribution in [2.24, 2.45) is 5.41 Å². The molecule has 0 aromatic carbocycles. The van der Waals surface area contributed by atoms with Crippen LogP contribution in [0.1, 0.15) is 19.3 Å². The van der Waals surface area contributed by atoms with E-state index in [0.717, 1.165) is 31.7 Å². The molecule has 1 atom stereocenters. The Kier molecular flexibility index (Phi) is 6.46. The van der Waals surface area contributed by atoms with E-state index in [4.69, 9.17) is 0 Å². The van der Waals surface area contributed by atoms with Crippen LogP contribution in [-0.4, -0.2) is 73.2 Å². The van der Waals surface area contributed by atoms with E-state index < -0.39 is 0 Å². The van der Waals surface area contributed by atoms with Gasteiger partial charge in [0.05, 0.1) is 6.61 Å². The Bertz CT molecular complexity index is 274. The van der Waals surface area contributed by atoms with Crippen molar-refractivity contribution in [1.29, 1.82) is 0 Å². The van der Waals surface area contributed by atoms with E-state index in [1.54, 1.807) is 11.8 Å². The fourth-order valence-corrected chi connectivity index (χ4v) is 3.13. The third-order valence-corrected chi connectivity index (χ3v) is 4.13. The summed E-state index contributed by atoms with van der Waals surface area (Å²) in [5.41, 5.74) is -0.128. The van der Waals surface area contributed by atoms with Crippen molar-refractivity contribution in [1.82, 2.24) is 9.80 Å². The molecule has 1 heterocycles. The molecule has 1 aliphatic heterocycles. The Labute approximate surface area is 115 Å². The van der Waals surface area contributed by atoms with Gasteiger partial charge in [0.25, 0.3) is 0 Å². The third-order valence-electron chi connectivity index (χ3n) is 3.52. The van der Waals surface area contributed by atoms with Crippen LogP contribution < -0.4 is 0 Å². The summed E-state index contributed by atoms with van der Waals surface area (Å²) in [7, 11) is 4.04. The summed E-state index contributed by atoms with van der Waals surface area (Å²) in [5, 5.41) is 9.70. The lowest BCUT2D eigenvalue weighted by atomic mass is 9.80. The zero-order valence-corrected chi connectivity index (χ0v) is 12.6. The maximum absolute atomic E-state index is 12.1. The second-order valence-corrected chi connectivity index (χ2v) is 6.54. The molecule has 0 aromatic rings. The molecule has 0 aromatic heterocycles. The van der Waals surface area contributed by atoms with E-state index in [9.17, 15) is 9.90 Å². The molecular weight excluding hydrogens is 248 g/mol. The molecule has 1 N–H and O–H groups in total. The van der Waals surface area contributed by atoms with Gasteiger partial charge in [-0.05, 0) is 33.2 Å². The lowest BCUT2D eigenvalue weighted by Crippen LogP contribution is -2.52. The highest BCUT2D eigenvalue weighted by Gasteiger charge is 2.36. The largest absolute Gasteiger partial charge is 0.396 e. The van der Waals surface area contributed by atoms with Crippen LogP contribution in [-0.2, 0) is 4.79 Å². The lowest BCUT2D eigenvalue weighted by Gasteiger charge is -2.43. The molecule has 0 bridgehead atoms. The van der Waals surface area contributed by atoms with Crippen molar-refractivity contribution in [2.45, 2.75) is 19.3 Å². The molecule has 106 valence electrons. The van der Waals surface area contributed by atoms with Crippen LogP contribution in [0.5, 0.6) is 0 Å². The van der Waals surface area contributed by atoms with Gasteiger partial charge < -0.3 is 14.9 Å². The molecular formula is C13H26N2O2S. The first-order valence-electron chi connectivity index (χ1n) is 6.55. The van der Waals surface area contributed by atoms with Crippen molar-refractivity contribution in [3.8, 4) is 0 Å². The first kappa shape index (κ1) is 15.8. The number of aliphatic hydroxyl groups excluding tert-OH is 1. The summed E-state index contributed by atoms with van der Waals surface area (Å²) in [6, 6.07) is 0. The van der Waals surface area contributed by atoms with Crippen LogP contribution >= 0.6 is 11.8 Å². The summed E-state index contributed by atoms with van der Waals surface area (Å²) in [6.45, 7) is 2.56. The lowest BCUT2D eigenvalue weighted by molar-refractivity contribution is -0.135. The predicted octanol–water partition coefficient (Wildman–Crippen LogP) is 0.902. The molecule has 4 nitrogen and oxygen atoms in total. The van der Waals surface area contributed by atoms with E-state index in [-0.39, 0.29) is 17.9 Å². The van der Waals surface area contributed by atoms with Crippen molar-refractivity contribution >= 4 is 17.7 Å². The number of rotatable bonds is 6. The number of carbonyl (C=O) groups excluding carboxylic acids is 1. The quantitative estimate of drug-likeness (QED) is 0.782. The van der Waals surface area contributed by atoms with Crippen LogP contribution in [0.4, 0.5) is 0 Å². The zero-order chi connectivity index (χ0) is 13.6. The van der Waals surface area contributed by atoms with Crippen molar-refractivity contribution in [2.75, 3.05) is 52.3 Å². The summed E-state index contributed by atoms with van der Waals surface area (Å²) in [5.74, 6) is 1.12.